The average Bonchev–Trinajstić information content (AvgIpc) is 2.65. The van der Waals surface area contributed by atoms with Gasteiger partial charge >= 0.3 is 0 Å². The van der Waals surface area contributed by atoms with E-state index in [0.717, 1.165) is 13.0 Å². The molecule has 0 N–H and O–H groups in total. The lowest BCUT2D eigenvalue weighted by Gasteiger charge is -2.28. The van der Waals surface area contributed by atoms with Gasteiger partial charge in [0.05, 0.1) is 18.4 Å². The number of aryl methyl sites for hydroxylation is 1. The fourth-order valence-electron chi connectivity index (χ4n) is 1.99. The monoisotopic (exact) mass is 193 g/mol. The Morgan fingerprint density at radius 2 is 2.50 bits per heavy atom. The van der Waals surface area contributed by atoms with Crippen LogP contribution in [0.15, 0.2) is 12.3 Å². The minimum absolute atomic E-state index is 0.234. The Kier molecular flexibility index (Phi) is 2.87. The summed E-state index contributed by atoms with van der Waals surface area (Å²) < 4.78 is 7.62. The maximum absolute atomic E-state index is 5.72. The van der Waals surface area contributed by atoms with Crippen molar-refractivity contribution in [2.24, 2.45) is 13.0 Å². The molecule has 3 nitrogen and oxygen atoms in total. The van der Waals surface area contributed by atoms with Crippen LogP contribution < -0.4 is 0 Å². The fraction of sp³-hybridized carbons (Fsp3) is 0.636. The van der Waals surface area contributed by atoms with Crippen LogP contribution in [0.25, 0.3) is 0 Å². The normalized spacial score (nSPS) is 27.9. The van der Waals surface area contributed by atoms with Crippen LogP contribution in [-0.2, 0) is 11.8 Å². The van der Waals surface area contributed by atoms with Crippen molar-refractivity contribution in [2.45, 2.75) is 25.9 Å². The second kappa shape index (κ2) is 4.13. The number of hydrogen-bond donors (Lipinski definition) is 0. The lowest BCUT2D eigenvalue weighted by atomic mass is 9.92. The Morgan fingerprint density at radius 3 is 3.14 bits per heavy atom. The topological polar surface area (TPSA) is 27.1 Å². The molecule has 1 fully saturated rings. The van der Waals surface area contributed by atoms with Crippen LogP contribution in [0.1, 0.15) is 31.6 Å². The summed E-state index contributed by atoms with van der Waals surface area (Å²) in [6, 6.07) is 2.04. The molecule has 1 aromatic heterocycles. The van der Waals surface area contributed by atoms with Gasteiger partial charge in [0.1, 0.15) is 0 Å². The molecule has 1 aromatic rings. The van der Waals surface area contributed by atoms with E-state index in [2.05, 4.69) is 18.4 Å². The summed E-state index contributed by atoms with van der Waals surface area (Å²) in [5.74, 6) is 0.698. The maximum atomic E-state index is 5.72. The molecule has 0 amide bonds. The van der Waals surface area contributed by atoms with E-state index >= 15 is 0 Å². The van der Waals surface area contributed by atoms with Crippen LogP contribution in [0.3, 0.4) is 0 Å². The van der Waals surface area contributed by atoms with Gasteiger partial charge in [-0.25, -0.2) is 0 Å². The zero-order chi connectivity index (χ0) is 9.97. The molecule has 14 heavy (non-hydrogen) atoms. The lowest BCUT2D eigenvalue weighted by Crippen LogP contribution is -2.21. The third kappa shape index (κ3) is 1.82. The summed E-state index contributed by atoms with van der Waals surface area (Å²) in [6.07, 6.45) is 6.64. The molecule has 0 spiro atoms. The Bertz CT molecular complexity index is 295. The van der Waals surface area contributed by atoms with Gasteiger partial charge in [0.2, 0.25) is 0 Å². The Morgan fingerprint density at radius 1 is 1.64 bits per heavy atom. The Hall–Kier alpha value is -0.830. The first kappa shape index (κ1) is 9.71. The van der Waals surface area contributed by atoms with Crippen LogP contribution in [0.2, 0.25) is 0 Å². The molecule has 0 saturated carbocycles. The van der Waals surface area contributed by atoms with Crippen molar-refractivity contribution < 1.29 is 4.74 Å². The quantitative estimate of drug-likeness (QED) is 0.719. The van der Waals surface area contributed by atoms with Gasteiger partial charge in [-0.2, -0.15) is 5.10 Å². The van der Waals surface area contributed by atoms with Crippen molar-refractivity contribution in [2.75, 3.05) is 6.61 Å². The summed E-state index contributed by atoms with van der Waals surface area (Å²) in [5.41, 5.74) is 1.19. The van der Waals surface area contributed by atoms with Crippen molar-refractivity contribution in [3.8, 4) is 0 Å². The number of ether oxygens (including phenoxy) is 1. The Balaban J connectivity index is 2.08. The van der Waals surface area contributed by atoms with Crippen molar-refractivity contribution in [1.82, 2.24) is 9.78 Å². The standard InChI is InChI=1S/C11H17N2O/c1-3-9-5-7-14-11(8-9)10-4-6-12-13(10)2/h4-6,9,11H,3,7-8H2,1-2H3. The lowest BCUT2D eigenvalue weighted by molar-refractivity contribution is 0.0137. The molecule has 77 valence electrons. The smallest absolute Gasteiger partial charge is 0.0994 e. The van der Waals surface area contributed by atoms with Crippen LogP contribution >= 0.6 is 0 Å². The van der Waals surface area contributed by atoms with E-state index in [-0.39, 0.29) is 6.10 Å². The SMILES string of the molecule is CCC1[CH]COC(c2ccnn2C)C1. The predicted octanol–water partition coefficient (Wildman–Crippen LogP) is 2.11. The second-order valence-corrected chi connectivity index (χ2v) is 3.84. The molecule has 1 aliphatic heterocycles. The molecule has 1 radical (unpaired) electrons. The highest BCUT2D eigenvalue weighted by Crippen LogP contribution is 2.31. The molecule has 2 atom stereocenters. The average molecular weight is 193 g/mol. The van der Waals surface area contributed by atoms with Gasteiger partial charge < -0.3 is 4.74 Å². The molecular formula is C11H17N2O. The highest BCUT2D eigenvalue weighted by atomic mass is 16.5. The van der Waals surface area contributed by atoms with Crippen molar-refractivity contribution in [3.05, 3.63) is 24.4 Å². The first-order valence-electron chi connectivity index (χ1n) is 5.24. The summed E-state index contributed by atoms with van der Waals surface area (Å²) in [6.45, 7) is 3.00. The number of hydrogen-bond acceptors (Lipinski definition) is 2. The van der Waals surface area contributed by atoms with E-state index in [1.165, 1.54) is 12.1 Å². The van der Waals surface area contributed by atoms with Crippen LogP contribution in [0, 0.1) is 12.3 Å². The molecular weight excluding hydrogens is 176 g/mol. The molecule has 2 unspecified atom stereocenters. The van der Waals surface area contributed by atoms with Gasteiger partial charge in [-0.3, -0.25) is 4.68 Å². The van der Waals surface area contributed by atoms with E-state index in [0.29, 0.717) is 5.92 Å². The zero-order valence-corrected chi connectivity index (χ0v) is 8.81. The molecule has 0 bridgehead atoms. The van der Waals surface area contributed by atoms with Crippen LogP contribution in [0.5, 0.6) is 0 Å². The van der Waals surface area contributed by atoms with Crippen molar-refractivity contribution in [3.63, 3.8) is 0 Å². The fourth-order valence-corrected chi connectivity index (χ4v) is 1.99. The van der Waals surface area contributed by atoms with Crippen LogP contribution in [0.4, 0.5) is 0 Å². The first-order valence-corrected chi connectivity index (χ1v) is 5.24. The van der Waals surface area contributed by atoms with E-state index in [1.54, 1.807) is 0 Å². The summed E-state index contributed by atoms with van der Waals surface area (Å²) in [7, 11) is 1.97. The molecule has 1 saturated heterocycles. The largest absolute Gasteiger partial charge is 0.372 e. The minimum atomic E-state index is 0.234. The predicted molar refractivity (Wildman–Crippen MR) is 54.6 cm³/mol. The number of nitrogens with zero attached hydrogens (tertiary/aromatic N) is 2. The van der Waals surface area contributed by atoms with Gasteiger partial charge in [-0.15, -0.1) is 0 Å². The van der Waals surface area contributed by atoms with E-state index < -0.39 is 0 Å². The zero-order valence-electron chi connectivity index (χ0n) is 8.81. The summed E-state index contributed by atoms with van der Waals surface area (Å²) in [5, 5.41) is 4.17. The van der Waals surface area contributed by atoms with Crippen LogP contribution in [-0.4, -0.2) is 16.4 Å². The summed E-state index contributed by atoms with van der Waals surface area (Å²) >= 11 is 0. The summed E-state index contributed by atoms with van der Waals surface area (Å²) in [4.78, 5) is 0. The van der Waals surface area contributed by atoms with E-state index in [1.807, 2.05) is 24.0 Å². The van der Waals surface area contributed by atoms with Gasteiger partial charge in [0.15, 0.2) is 0 Å². The van der Waals surface area contributed by atoms with Gasteiger partial charge in [0, 0.05) is 13.2 Å². The third-order valence-electron chi connectivity index (χ3n) is 2.96. The molecule has 0 aliphatic carbocycles. The molecule has 3 heteroatoms. The van der Waals surface area contributed by atoms with Gasteiger partial charge in [0.25, 0.3) is 0 Å². The van der Waals surface area contributed by atoms with Gasteiger partial charge in [-0.05, 0) is 24.8 Å². The molecule has 2 rings (SSSR count). The van der Waals surface area contributed by atoms with Gasteiger partial charge in [-0.1, -0.05) is 13.3 Å². The number of aromatic nitrogens is 2. The van der Waals surface area contributed by atoms with E-state index in [9.17, 15) is 0 Å². The highest BCUT2D eigenvalue weighted by molar-refractivity contribution is 5.06. The molecule has 0 aromatic carbocycles. The highest BCUT2D eigenvalue weighted by Gasteiger charge is 2.24. The van der Waals surface area contributed by atoms with E-state index in [4.69, 9.17) is 4.74 Å². The maximum Gasteiger partial charge on any atom is 0.0994 e. The molecule has 2 heterocycles. The first-order chi connectivity index (χ1) is 6.81. The number of rotatable bonds is 2. The third-order valence-corrected chi connectivity index (χ3v) is 2.96. The molecule has 1 aliphatic rings. The van der Waals surface area contributed by atoms with Crippen molar-refractivity contribution in [1.29, 1.82) is 0 Å². The minimum Gasteiger partial charge on any atom is -0.372 e. The Labute approximate surface area is 85.1 Å². The van der Waals surface area contributed by atoms with Crippen molar-refractivity contribution >= 4 is 0 Å². The second-order valence-electron chi connectivity index (χ2n) is 3.84.